The van der Waals surface area contributed by atoms with E-state index in [1.54, 1.807) is 36.4 Å². The van der Waals surface area contributed by atoms with E-state index >= 15 is 0 Å². The number of amides is 1. The summed E-state index contributed by atoms with van der Waals surface area (Å²) >= 11 is 6.43. The molecule has 2 aliphatic rings. The second kappa shape index (κ2) is 8.01. The second-order valence-corrected chi connectivity index (χ2v) is 7.88. The van der Waals surface area contributed by atoms with E-state index in [4.69, 9.17) is 16.3 Å². The molecule has 0 aliphatic carbocycles. The Hall–Kier alpha value is -2.63. The molecule has 0 unspecified atom stereocenters. The summed E-state index contributed by atoms with van der Waals surface area (Å²) in [6, 6.07) is 13.5. The van der Waals surface area contributed by atoms with Crippen molar-refractivity contribution in [2.24, 2.45) is 0 Å². The fourth-order valence-electron chi connectivity index (χ4n) is 3.96. The number of likely N-dealkylation sites (tertiary alicyclic amines) is 1. The Morgan fingerprint density at radius 2 is 1.90 bits per heavy atom. The molecule has 5 nitrogen and oxygen atoms in total. The minimum absolute atomic E-state index is 0.0601. The monoisotopic (exact) mass is 411 g/mol. The number of carbonyl (C=O) groups excluding carboxylic acids is 2. The quantitative estimate of drug-likeness (QED) is 0.464. The number of Topliss-reactive ketones (excluding diaryl/α,β-unsaturated/α-hetero) is 1. The fourth-order valence-corrected chi connectivity index (χ4v) is 4.20. The zero-order valence-electron chi connectivity index (χ0n) is 16.1. The molecular weight excluding hydrogens is 390 g/mol. The van der Waals surface area contributed by atoms with Crippen molar-refractivity contribution in [3.05, 3.63) is 75.8 Å². The van der Waals surface area contributed by atoms with E-state index in [2.05, 4.69) is 0 Å². The van der Waals surface area contributed by atoms with Crippen LogP contribution in [0.15, 0.2) is 54.1 Å². The summed E-state index contributed by atoms with van der Waals surface area (Å²) in [5.74, 6) is -1.53. The van der Waals surface area contributed by atoms with E-state index < -0.39 is 17.7 Å². The van der Waals surface area contributed by atoms with Crippen LogP contribution < -0.4 is 0 Å². The minimum Gasteiger partial charge on any atom is -0.507 e. The lowest BCUT2D eigenvalue weighted by atomic mass is 9.95. The molecule has 0 bridgehead atoms. The molecular formula is C23H22ClNO4. The van der Waals surface area contributed by atoms with E-state index in [1.807, 2.05) is 19.1 Å². The predicted molar refractivity (Wildman–Crippen MR) is 111 cm³/mol. The van der Waals surface area contributed by atoms with Crippen LogP contribution in [0.5, 0.6) is 0 Å². The maximum atomic E-state index is 13.0. The Bertz CT molecular complexity index is 977. The van der Waals surface area contributed by atoms with Crippen LogP contribution in [0.25, 0.3) is 5.76 Å². The maximum Gasteiger partial charge on any atom is 0.295 e. The molecule has 2 saturated heterocycles. The van der Waals surface area contributed by atoms with Gasteiger partial charge in [0.1, 0.15) is 5.76 Å². The van der Waals surface area contributed by atoms with Gasteiger partial charge in [0, 0.05) is 23.7 Å². The third-order valence-electron chi connectivity index (χ3n) is 5.49. The van der Waals surface area contributed by atoms with E-state index in [0.717, 1.165) is 18.4 Å². The van der Waals surface area contributed by atoms with Crippen LogP contribution in [0.2, 0.25) is 5.02 Å². The lowest BCUT2D eigenvalue weighted by Gasteiger charge is -2.28. The average Bonchev–Trinajstić information content (AvgIpc) is 3.31. The van der Waals surface area contributed by atoms with E-state index in [0.29, 0.717) is 22.8 Å². The molecule has 29 heavy (non-hydrogen) atoms. The predicted octanol–water partition coefficient (Wildman–Crippen LogP) is 4.25. The summed E-state index contributed by atoms with van der Waals surface area (Å²) < 4.78 is 5.69. The number of ketones is 1. The molecule has 2 heterocycles. The van der Waals surface area contributed by atoms with Crippen LogP contribution in [0.1, 0.15) is 35.6 Å². The molecule has 2 fully saturated rings. The summed E-state index contributed by atoms with van der Waals surface area (Å²) in [5, 5.41) is 11.4. The van der Waals surface area contributed by atoms with Gasteiger partial charge in [0.25, 0.3) is 11.7 Å². The molecule has 2 aromatic carbocycles. The zero-order chi connectivity index (χ0) is 20.5. The lowest BCUT2D eigenvalue weighted by Crippen LogP contribution is -2.36. The van der Waals surface area contributed by atoms with Crippen LogP contribution in [0.3, 0.4) is 0 Å². The van der Waals surface area contributed by atoms with Gasteiger partial charge in [-0.15, -0.1) is 0 Å². The molecule has 0 saturated carbocycles. The van der Waals surface area contributed by atoms with E-state index in [9.17, 15) is 14.7 Å². The molecule has 0 radical (unpaired) electrons. The Morgan fingerprint density at radius 3 is 2.55 bits per heavy atom. The minimum atomic E-state index is -0.755. The standard InChI is InChI=1S/C23H22ClNO4/c1-14-8-10-15(11-9-14)21(26)19-20(17-6-2-3-7-18(17)24)25(23(28)22(19)27)13-16-5-4-12-29-16/h2-3,6-11,16,20,26H,4-5,12-13H2,1H3/t16-,20-/m1/s1. The van der Waals surface area contributed by atoms with Crippen molar-refractivity contribution in [1.29, 1.82) is 0 Å². The van der Waals surface area contributed by atoms with Gasteiger partial charge in [-0.3, -0.25) is 9.59 Å². The number of hydrogen-bond donors (Lipinski definition) is 1. The maximum absolute atomic E-state index is 13.0. The van der Waals surface area contributed by atoms with Crippen LogP contribution in [-0.4, -0.2) is 41.0 Å². The van der Waals surface area contributed by atoms with Crippen LogP contribution in [-0.2, 0) is 14.3 Å². The Kier molecular flexibility index (Phi) is 5.43. The number of aryl methyl sites for hydroxylation is 1. The molecule has 150 valence electrons. The number of hydrogen-bond acceptors (Lipinski definition) is 4. The van der Waals surface area contributed by atoms with Gasteiger partial charge in [-0.2, -0.15) is 0 Å². The highest BCUT2D eigenvalue weighted by Crippen LogP contribution is 2.42. The number of nitrogens with zero attached hydrogens (tertiary/aromatic N) is 1. The smallest absolute Gasteiger partial charge is 0.295 e. The number of aliphatic hydroxyl groups excluding tert-OH is 1. The molecule has 0 aromatic heterocycles. The number of carbonyl (C=O) groups is 2. The SMILES string of the molecule is Cc1ccc(C(O)=C2C(=O)C(=O)N(C[C@H]3CCCO3)[C@@H]2c2ccccc2Cl)cc1. The highest BCUT2D eigenvalue weighted by atomic mass is 35.5. The number of rotatable bonds is 4. The summed E-state index contributed by atoms with van der Waals surface area (Å²) in [5.41, 5.74) is 2.19. The number of halogens is 1. The van der Waals surface area contributed by atoms with Gasteiger partial charge < -0.3 is 14.7 Å². The summed E-state index contributed by atoms with van der Waals surface area (Å²) in [4.78, 5) is 27.4. The third kappa shape index (κ3) is 3.68. The first-order chi connectivity index (χ1) is 14.0. The van der Waals surface area contributed by atoms with Crippen molar-refractivity contribution >= 4 is 29.1 Å². The van der Waals surface area contributed by atoms with Crippen molar-refractivity contribution in [3.63, 3.8) is 0 Å². The fraction of sp³-hybridized carbons (Fsp3) is 0.304. The number of aliphatic hydroxyl groups is 1. The van der Waals surface area contributed by atoms with Gasteiger partial charge in [-0.05, 0) is 31.4 Å². The van der Waals surface area contributed by atoms with Gasteiger partial charge >= 0.3 is 0 Å². The summed E-state index contributed by atoms with van der Waals surface area (Å²) in [6.07, 6.45) is 1.63. The largest absolute Gasteiger partial charge is 0.507 e. The van der Waals surface area contributed by atoms with Crippen molar-refractivity contribution < 1.29 is 19.4 Å². The van der Waals surface area contributed by atoms with Crippen molar-refractivity contribution in [3.8, 4) is 0 Å². The first kappa shape index (κ1) is 19.7. The summed E-state index contributed by atoms with van der Waals surface area (Å²) in [7, 11) is 0. The van der Waals surface area contributed by atoms with Gasteiger partial charge in [-0.1, -0.05) is 59.6 Å². The van der Waals surface area contributed by atoms with Gasteiger partial charge in [0.2, 0.25) is 0 Å². The van der Waals surface area contributed by atoms with Crippen LogP contribution >= 0.6 is 11.6 Å². The van der Waals surface area contributed by atoms with Gasteiger partial charge in [0.15, 0.2) is 0 Å². The average molecular weight is 412 g/mol. The van der Waals surface area contributed by atoms with Crippen molar-refractivity contribution in [2.75, 3.05) is 13.2 Å². The highest BCUT2D eigenvalue weighted by Gasteiger charge is 2.47. The van der Waals surface area contributed by atoms with Crippen LogP contribution in [0.4, 0.5) is 0 Å². The van der Waals surface area contributed by atoms with Crippen LogP contribution in [0, 0.1) is 6.92 Å². The molecule has 2 aromatic rings. The van der Waals surface area contributed by atoms with Gasteiger partial charge in [0.05, 0.1) is 17.7 Å². The highest BCUT2D eigenvalue weighted by molar-refractivity contribution is 6.47. The Balaban J connectivity index is 1.84. The molecule has 4 rings (SSSR count). The number of ether oxygens (including phenoxy) is 1. The molecule has 0 spiro atoms. The van der Waals surface area contributed by atoms with E-state index in [-0.39, 0.29) is 24.0 Å². The first-order valence-corrected chi connectivity index (χ1v) is 10.1. The first-order valence-electron chi connectivity index (χ1n) is 9.69. The Morgan fingerprint density at radius 1 is 1.17 bits per heavy atom. The zero-order valence-corrected chi connectivity index (χ0v) is 16.9. The number of benzene rings is 2. The molecule has 6 heteroatoms. The molecule has 1 N–H and O–H groups in total. The Labute approximate surface area is 174 Å². The second-order valence-electron chi connectivity index (χ2n) is 7.47. The van der Waals surface area contributed by atoms with Crippen molar-refractivity contribution in [2.45, 2.75) is 31.9 Å². The molecule has 2 atom stereocenters. The van der Waals surface area contributed by atoms with E-state index in [1.165, 1.54) is 4.90 Å². The molecule has 2 aliphatic heterocycles. The third-order valence-corrected chi connectivity index (χ3v) is 5.83. The summed E-state index contributed by atoms with van der Waals surface area (Å²) in [6.45, 7) is 2.87. The normalized spacial score (nSPS) is 23.7. The van der Waals surface area contributed by atoms with Gasteiger partial charge in [-0.25, -0.2) is 0 Å². The topological polar surface area (TPSA) is 66.8 Å². The lowest BCUT2D eigenvalue weighted by molar-refractivity contribution is -0.140. The molecule has 1 amide bonds. The van der Waals surface area contributed by atoms with Crippen molar-refractivity contribution in [1.82, 2.24) is 4.90 Å².